The molecule has 0 saturated carbocycles. The van der Waals surface area contributed by atoms with Gasteiger partial charge in [0.15, 0.2) is 4.91 Å². The van der Waals surface area contributed by atoms with Crippen molar-refractivity contribution in [3.05, 3.63) is 67.9 Å². The van der Waals surface area contributed by atoms with Crippen molar-refractivity contribution in [1.29, 1.82) is 5.26 Å². The minimum Gasteiger partial charge on any atom is -0.258 e. The first-order chi connectivity index (χ1) is 11.9. The summed E-state index contributed by atoms with van der Waals surface area (Å²) in [6, 6.07) is 14.0. The lowest BCUT2D eigenvalue weighted by atomic mass is 10.1. The summed E-state index contributed by atoms with van der Waals surface area (Å²) in [7, 11) is -3.95. The van der Waals surface area contributed by atoms with Crippen LogP contribution in [0.4, 0.5) is 5.00 Å². The van der Waals surface area contributed by atoms with Gasteiger partial charge in [0.1, 0.15) is 6.07 Å². The van der Waals surface area contributed by atoms with Gasteiger partial charge in [0.2, 0.25) is 0 Å². The molecule has 2 rings (SSSR count). The predicted octanol–water partition coefficient (Wildman–Crippen LogP) is 3.07. The molecule has 0 aliphatic heterocycles. The summed E-state index contributed by atoms with van der Waals surface area (Å²) in [4.78, 5) is 9.96. The van der Waals surface area contributed by atoms with Crippen molar-refractivity contribution in [2.24, 2.45) is 0 Å². The fourth-order valence-corrected chi connectivity index (χ4v) is 3.85. The third-order valence-electron chi connectivity index (χ3n) is 3.24. The van der Waals surface area contributed by atoms with Crippen LogP contribution in [-0.2, 0) is 16.4 Å². The Morgan fingerprint density at radius 1 is 1.28 bits per heavy atom. The molecule has 0 saturated heterocycles. The van der Waals surface area contributed by atoms with Crippen LogP contribution in [-0.4, -0.2) is 19.9 Å². The maximum Gasteiger partial charge on any atom is 0.324 e. The molecule has 0 radical (unpaired) electrons. The topological polar surface area (TPSA) is 113 Å². The highest BCUT2D eigenvalue weighted by molar-refractivity contribution is 7.93. The Labute approximate surface area is 149 Å². The zero-order valence-electron chi connectivity index (χ0n) is 13.1. The van der Waals surface area contributed by atoms with Gasteiger partial charge < -0.3 is 0 Å². The summed E-state index contributed by atoms with van der Waals surface area (Å²) in [5, 5.41) is 19.7. The van der Waals surface area contributed by atoms with Gasteiger partial charge in [0.25, 0.3) is 10.0 Å². The lowest BCUT2D eigenvalue weighted by molar-refractivity contribution is -0.380. The molecule has 130 valence electrons. The van der Waals surface area contributed by atoms with Crippen molar-refractivity contribution in [3.8, 4) is 6.07 Å². The third kappa shape index (κ3) is 5.49. The first-order valence-corrected chi connectivity index (χ1v) is 9.62. The molecule has 1 heterocycles. The van der Waals surface area contributed by atoms with E-state index in [1.165, 1.54) is 12.1 Å². The molecule has 0 atom stereocenters. The maximum atomic E-state index is 12.2. The van der Waals surface area contributed by atoms with E-state index in [9.17, 15) is 18.5 Å². The number of allylic oxidation sites excluding steroid dienone is 1. The molecule has 25 heavy (non-hydrogen) atoms. The summed E-state index contributed by atoms with van der Waals surface area (Å²) < 4.78 is 26.8. The van der Waals surface area contributed by atoms with E-state index in [0.717, 1.165) is 23.0 Å². The normalized spacial score (nSPS) is 11.9. The summed E-state index contributed by atoms with van der Waals surface area (Å²) in [5.74, 6) is 0. The monoisotopic (exact) mass is 377 g/mol. The Kier molecular flexibility index (Phi) is 6.41. The molecule has 0 unspecified atom stereocenters. The average Bonchev–Trinajstić information content (AvgIpc) is 3.06. The lowest BCUT2D eigenvalue weighted by Crippen LogP contribution is -2.26. The fourth-order valence-electron chi connectivity index (χ4n) is 2.04. The van der Waals surface area contributed by atoms with Crippen molar-refractivity contribution in [3.63, 3.8) is 0 Å². The Morgan fingerprint density at radius 2 is 2.00 bits per heavy atom. The summed E-state index contributed by atoms with van der Waals surface area (Å²) in [6.07, 6.45) is 2.44. The number of nitriles is 1. The Bertz CT molecular complexity index is 912. The van der Waals surface area contributed by atoms with E-state index >= 15 is 0 Å². The molecule has 7 nitrogen and oxygen atoms in total. The molecule has 0 aliphatic carbocycles. The Hall–Kier alpha value is -2.54. The third-order valence-corrected chi connectivity index (χ3v) is 5.60. The molecule has 1 aromatic carbocycles. The molecule has 0 spiro atoms. The van der Waals surface area contributed by atoms with Gasteiger partial charge in [-0.25, -0.2) is 13.1 Å². The minimum atomic E-state index is -3.95. The van der Waals surface area contributed by atoms with Crippen LogP contribution in [0.5, 0.6) is 0 Å². The number of thiophene rings is 1. The van der Waals surface area contributed by atoms with Crippen LogP contribution in [0.3, 0.4) is 0 Å². The molecule has 9 heteroatoms. The number of sulfonamides is 1. The minimum absolute atomic E-state index is 0.114. The number of hydrogen-bond acceptors (Lipinski definition) is 6. The number of rotatable bonds is 8. The van der Waals surface area contributed by atoms with Crippen LogP contribution in [0.15, 0.2) is 47.4 Å². The number of nitrogens with zero attached hydrogens (tertiary/aromatic N) is 2. The van der Waals surface area contributed by atoms with Crippen LogP contribution >= 0.6 is 11.3 Å². The molecule has 0 amide bonds. The highest BCUT2D eigenvalue weighted by Gasteiger charge is 2.18. The lowest BCUT2D eigenvalue weighted by Gasteiger charge is -2.05. The average molecular weight is 377 g/mol. The van der Waals surface area contributed by atoms with E-state index in [1.54, 1.807) is 6.07 Å². The molecular formula is C16H15N3O4S2. The van der Waals surface area contributed by atoms with E-state index in [1.807, 2.05) is 30.3 Å². The van der Waals surface area contributed by atoms with Gasteiger partial charge in [0, 0.05) is 17.5 Å². The molecule has 0 bridgehead atoms. The zero-order chi connectivity index (χ0) is 18.3. The molecule has 0 fully saturated rings. The van der Waals surface area contributed by atoms with Crippen molar-refractivity contribution in [2.75, 3.05) is 6.54 Å². The number of nitrogens with one attached hydrogen (secondary N) is 1. The molecule has 1 aromatic heterocycles. The number of benzene rings is 1. The SMILES string of the molecule is N#C/C(=C/c1ccc([N+](=O)[O-])s1)S(=O)(=O)NCCCc1ccccc1. The first-order valence-electron chi connectivity index (χ1n) is 7.32. The van der Waals surface area contributed by atoms with Crippen LogP contribution in [0.2, 0.25) is 0 Å². The van der Waals surface area contributed by atoms with E-state index in [4.69, 9.17) is 5.26 Å². The Balaban J connectivity index is 1.99. The largest absolute Gasteiger partial charge is 0.324 e. The van der Waals surface area contributed by atoms with Gasteiger partial charge in [-0.1, -0.05) is 41.7 Å². The van der Waals surface area contributed by atoms with Crippen LogP contribution < -0.4 is 4.72 Å². The molecule has 1 N–H and O–H groups in total. The van der Waals surface area contributed by atoms with Crippen molar-refractivity contribution < 1.29 is 13.3 Å². The second kappa shape index (κ2) is 8.53. The zero-order valence-corrected chi connectivity index (χ0v) is 14.7. The van der Waals surface area contributed by atoms with Crippen molar-refractivity contribution >= 4 is 32.4 Å². The first kappa shape index (κ1) is 18.8. The Morgan fingerprint density at radius 3 is 2.60 bits per heavy atom. The maximum absolute atomic E-state index is 12.2. The summed E-state index contributed by atoms with van der Waals surface area (Å²) in [6.45, 7) is 0.195. The second-order valence-electron chi connectivity index (χ2n) is 5.04. The van der Waals surface area contributed by atoms with Gasteiger partial charge in [-0.05, 0) is 30.5 Å². The van der Waals surface area contributed by atoms with Gasteiger partial charge >= 0.3 is 5.00 Å². The van der Waals surface area contributed by atoms with Crippen molar-refractivity contribution in [2.45, 2.75) is 12.8 Å². The number of nitro groups is 1. The van der Waals surface area contributed by atoms with Crippen molar-refractivity contribution in [1.82, 2.24) is 4.72 Å². The van der Waals surface area contributed by atoms with Gasteiger partial charge in [-0.3, -0.25) is 10.1 Å². The van der Waals surface area contributed by atoms with E-state index in [2.05, 4.69) is 4.72 Å². The van der Waals surface area contributed by atoms with Crippen LogP contribution in [0.1, 0.15) is 16.9 Å². The molecular weight excluding hydrogens is 362 g/mol. The van der Waals surface area contributed by atoms with Gasteiger partial charge in [-0.15, -0.1) is 0 Å². The fraction of sp³-hybridized carbons (Fsp3) is 0.188. The van der Waals surface area contributed by atoms with Gasteiger partial charge in [0.05, 0.1) is 4.92 Å². The predicted molar refractivity (Wildman–Crippen MR) is 96.2 cm³/mol. The standard InChI is InChI=1S/C16H15N3O4S2/c17-12-15(11-14-8-9-16(24-14)19(20)21)25(22,23)18-10-4-7-13-5-2-1-3-6-13/h1-3,5-6,8-9,11,18H,4,7,10H2/b15-11-. The van der Waals surface area contributed by atoms with E-state index in [-0.39, 0.29) is 11.5 Å². The van der Waals surface area contributed by atoms with E-state index < -0.39 is 19.9 Å². The van der Waals surface area contributed by atoms with E-state index in [0.29, 0.717) is 17.7 Å². The highest BCUT2D eigenvalue weighted by atomic mass is 32.2. The van der Waals surface area contributed by atoms with Crippen LogP contribution in [0.25, 0.3) is 6.08 Å². The number of aryl methyl sites for hydroxylation is 1. The van der Waals surface area contributed by atoms with Gasteiger partial charge in [-0.2, -0.15) is 5.26 Å². The quantitative estimate of drug-likeness (QED) is 0.329. The smallest absolute Gasteiger partial charge is 0.258 e. The highest BCUT2D eigenvalue weighted by Crippen LogP contribution is 2.26. The summed E-state index contributed by atoms with van der Waals surface area (Å²) >= 11 is 0.808. The second-order valence-corrected chi connectivity index (χ2v) is 7.87. The summed E-state index contributed by atoms with van der Waals surface area (Å²) in [5.41, 5.74) is 1.10. The number of hydrogen-bond donors (Lipinski definition) is 1. The van der Waals surface area contributed by atoms with Crippen LogP contribution in [0, 0.1) is 21.4 Å². The molecule has 2 aromatic rings. The molecule has 0 aliphatic rings.